The third-order valence-electron chi connectivity index (χ3n) is 10.6. The summed E-state index contributed by atoms with van der Waals surface area (Å²) in [4.78, 5) is 40.5. The van der Waals surface area contributed by atoms with Gasteiger partial charge in [0.1, 0.15) is 16.0 Å². The van der Waals surface area contributed by atoms with Gasteiger partial charge in [-0.3, -0.25) is 4.79 Å². The van der Waals surface area contributed by atoms with Gasteiger partial charge in [-0.1, -0.05) is 82.1 Å². The van der Waals surface area contributed by atoms with Crippen molar-refractivity contribution < 1.29 is 18.8 Å². The van der Waals surface area contributed by atoms with Crippen LogP contribution in [0, 0.1) is 5.92 Å². The maximum Gasteiger partial charge on any atom is 0.410 e. The van der Waals surface area contributed by atoms with Crippen LogP contribution in [0.25, 0.3) is 0 Å². The van der Waals surface area contributed by atoms with E-state index in [1.807, 2.05) is 69.0 Å². The van der Waals surface area contributed by atoms with Crippen molar-refractivity contribution in [3.8, 4) is 0 Å². The normalized spacial score (nSPS) is 23.6. The number of carbonyl (C=O) groups is 2. The van der Waals surface area contributed by atoms with Gasteiger partial charge in [0.25, 0.3) is 5.91 Å². The molecule has 8 nitrogen and oxygen atoms in total. The second-order valence-electron chi connectivity index (χ2n) is 15.3. The third-order valence-corrected chi connectivity index (χ3v) is 16.8. The smallest absolute Gasteiger partial charge is 0.410 e. The van der Waals surface area contributed by atoms with E-state index >= 15 is 4.79 Å². The van der Waals surface area contributed by atoms with E-state index in [0.717, 1.165) is 40.1 Å². The molecule has 3 aliphatic heterocycles. The van der Waals surface area contributed by atoms with Crippen molar-refractivity contribution >= 4 is 60.4 Å². The summed E-state index contributed by atoms with van der Waals surface area (Å²) >= 11 is 14.1. The number of nitrogens with zero attached hydrogens (tertiary/aromatic N) is 4. The molecule has 0 aliphatic carbocycles. The van der Waals surface area contributed by atoms with Crippen LogP contribution in [-0.2, 0) is 19.5 Å². The molecule has 2 aromatic carbocycles. The van der Waals surface area contributed by atoms with E-state index in [9.17, 15) is 4.79 Å². The first kappa shape index (κ1) is 39.7. The number of amides is 2. The fourth-order valence-electron chi connectivity index (χ4n) is 7.69. The number of halogens is 2. The predicted molar refractivity (Wildman–Crippen MR) is 213 cm³/mol. The van der Waals surface area contributed by atoms with Crippen molar-refractivity contribution in [2.75, 3.05) is 19.6 Å². The van der Waals surface area contributed by atoms with Gasteiger partial charge in [-0.2, -0.15) is 0 Å². The van der Waals surface area contributed by atoms with Gasteiger partial charge in [-0.25, -0.2) is 9.79 Å². The summed E-state index contributed by atoms with van der Waals surface area (Å²) in [7, 11) is -2.09. The summed E-state index contributed by atoms with van der Waals surface area (Å²) in [6, 6.07) is 18.2. The first-order valence-electron chi connectivity index (χ1n) is 18.3. The van der Waals surface area contributed by atoms with Gasteiger partial charge in [0.15, 0.2) is 13.5 Å². The number of hydrogen-bond acceptors (Lipinski definition) is 7. The lowest BCUT2D eigenvalue weighted by Gasteiger charge is -2.38. The van der Waals surface area contributed by atoms with Crippen molar-refractivity contribution in [2.45, 2.75) is 117 Å². The van der Waals surface area contributed by atoms with E-state index in [-0.39, 0.29) is 36.1 Å². The van der Waals surface area contributed by atoms with Crippen molar-refractivity contribution in [3.63, 3.8) is 0 Å². The SMILES string of the molecule is CCN(C(=O)C1=C(C(C)C)N2C(=N[C@@](C)(c3ccc(Cl)cc3)[C@H]2c2ccc(Cl)cc2)S1)[C@H]1CN(C(=O)OC(C)(C)C)C[C@@H]1O[Si](CC)(CC)CC. The Balaban J connectivity index is 1.56. The minimum absolute atomic E-state index is 0.0134. The lowest BCUT2D eigenvalue weighted by Crippen LogP contribution is -2.52. The zero-order chi connectivity index (χ0) is 37.5. The molecule has 12 heteroatoms. The number of benzene rings is 2. The molecular formula is C39H54Cl2N4O4SSi. The molecule has 5 rings (SSSR count). The monoisotopic (exact) mass is 772 g/mol. The summed E-state index contributed by atoms with van der Waals surface area (Å²) in [5, 5.41) is 2.11. The number of ether oxygens (including phenoxy) is 1. The molecule has 0 unspecified atom stereocenters. The number of aliphatic imine (C=N–C) groups is 1. The Bertz CT molecular complexity index is 1650. The molecule has 2 aromatic rings. The van der Waals surface area contributed by atoms with Crippen LogP contribution < -0.4 is 0 Å². The molecule has 1 saturated heterocycles. The van der Waals surface area contributed by atoms with Gasteiger partial charge in [-0.05, 0) is 106 Å². The maximum atomic E-state index is 15.0. The molecule has 278 valence electrons. The Morgan fingerprint density at radius 2 is 1.55 bits per heavy atom. The first-order valence-corrected chi connectivity index (χ1v) is 22.4. The largest absolute Gasteiger partial charge is 0.444 e. The highest BCUT2D eigenvalue weighted by Crippen LogP contribution is 2.56. The van der Waals surface area contributed by atoms with Crippen LogP contribution in [0.1, 0.15) is 86.4 Å². The highest BCUT2D eigenvalue weighted by molar-refractivity contribution is 8.18. The van der Waals surface area contributed by atoms with E-state index in [0.29, 0.717) is 34.6 Å². The minimum Gasteiger partial charge on any atom is -0.444 e. The van der Waals surface area contributed by atoms with Gasteiger partial charge in [0.05, 0.1) is 24.7 Å². The summed E-state index contributed by atoms with van der Waals surface area (Å²) in [6.45, 7) is 21.9. The molecular weight excluding hydrogens is 720 g/mol. The van der Waals surface area contributed by atoms with E-state index in [4.69, 9.17) is 37.4 Å². The Kier molecular flexibility index (Phi) is 12.0. The minimum atomic E-state index is -2.09. The second-order valence-corrected chi connectivity index (χ2v) is 21.9. The topological polar surface area (TPSA) is 74.7 Å². The number of thioether (sulfide) groups is 1. The third kappa shape index (κ3) is 7.91. The zero-order valence-electron chi connectivity index (χ0n) is 31.8. The molecule has 3 aliphatic rings. The van der Waals surface area contributed by atoms with Gasteiger partial charge in [-0.15, -0.1) is 0 Å². The average Bonchev–Trinajstić information content (AvgIpc) is 3.74. The van der Waals surface area contributed by atoms with Crippen molar-refractivity contribution in [1.29, 1.82) is 0 Å². The Morgan fingerprint density at radius 1 is 0.980 bits per heavy atom. The molecule has 0 radical (unpaired) electrons. The number of fused-ring (bicyclic) bond motifs is 1. The molecule has 1 fully saturated rings. The number of allylic oxidation sites excluding steroid dienone is 1. The van der Waals surface area contributed by atoms with Crippen LogP contribution in [-0.4, -0.2) is 77.6 Å². The van der Waals surface area contributed by atoms with Crippen molar-refractivity contribution in [2.24, 2.45) is 10.9 Å². The van der Waals surface area contributed by atoms with Crippen LogP contribution in [0.3, 0.4) is 0 Å². The van der Waals surface area contributed by atoms with Crippen molar-refractivity contribution in [1.82, 2.24) is 14.7 Å². The quantitative estimate of drug-likeness (QED) is 0.212. The van der Waals surface area contributed by atoms with Gasteiger partial charge < -0.3 is 23.9 Å². The van der Waals surface area contributed by atoms with Crippen molar-refractivity contribution in [3.05, 3.63) is 80.3 Å². The lowest BCUT2D eigenvalue weighted by atomic mass is 9.81. The highest BCUT2D eigenvalue weighted by atomic mass is 35.5. The molecule has 0 aromatic heterocycles. The van der Waals surface area contributed by atoms with E-state index in [2.05, 4.69) is 58.6 Å². The van der Waals surface area contributed by atoms with E-state index < -0.39 is 19.5 Å². The van der Waals surface area contributed by atoms with E-state index in [1.54, 1.807) is 4.90 Å². The van der Waals surface area contributed by atoms with Gasteiger partial charge in [0.2, 0.25) is 0 Å². The number of likely N-dealkylation sites (N-methyl/N-ethyl adjacent to an activating group) is 1. The Labute approximate surface area is 320 Å². The van der Waals surface area contributed by atoms with Crippen LogP contribution in [0.2, 0.25) is 28.2 Å². The molecule has 0 spiro atoms. The number of amidine groups is 1. The van der Waals surface area contributed by atoms with Gasteiger partial charge in [0, 0.05) is 28.8 Å². The summed E-state index contributed by atoms with van der Waals surface area (Å²) in [5.74, 6) is -0.0489. The molecule has 0 saturated carbocycles. The lowest BCUT2D eigenvalue weighted by molar-refractivity contribution is -0.129. The molecule has 2 amide bonds. The Hall–Kier alpha value is -2.50. The molecule has 0 bridgehead atoms. The van der Waals surface area contributed by atoms with Crippen LogP contribution in [0.15, 0.2) is 64.1 Å². The number of rotatable bonds is 11. The number of likely N-dealkylation sites (tertiary alicyclic amines) is 1. The highest BCUT2D eigenvalue weighted by Gasteiger charge is 2.54. The van der Waals surface area contributed by atoms with Gasteiger partial charge >= 0.3 is 6.09 Å². The fraction of sp³-hybridized carbons (Fsp3) is 0.564. The fourth-order valence-corrected chi connectivity index (χ4v) is 12.2. The predicted octanol–water partition coefficient (Wildman–Crippen LogP) is 10.1. The van der Waals surface area contributed by atoms with E-state index in [1.165, 1.54) is 11.8 Å². The average molecular weight is 774 g/mol. The second kappa shape index (κ2) is 15.5. The number of carbonyl (C=O) groups excluding carboxylic acids is 2. The zero-order valence-corrected chi connectivity index (χ0v) is 35.1. The summed E-state index contributed by atoms with van der Waals surface area (Å²) in [6.07, 6.45) is -0.687. The Morgan fingerprint density at radius 3 is 2.06 bits per heavy atom. The molecule has 3 heterocycles. The molecule has 0 N–H and O–H groups in total. The molecule has 51 heavy (non-hydrogen) atoms. The van der Waals surface area contributed by atoms with Crippen LogP contribution in [0.5, 0.6) is 0 Å². The first-order chi connectivity index (χ1) is 24.0. The van der Waals surface area contributed by atoms with Crippen LogP contribution in [0.4, 0.5) is 4.79 Å². The summed E-state index contributed by atoms with van der Waals surface area (Å²) < 4.78 is 12.9. The standard InChI is InChI=1S/C39H54Cl2N4O4SSi/c1-11-44(30-23-43(37(47)48-38(7,8)9)24-31(30)49-51(12-2,13-3)14-4)35(46)33-32(25(5)6)45-34(26-15-19-28(40)20-16-26)39(10,42-36(45)50-33)27-17-21-29(41)22-18-27/h15-22,25,30-31,34H,11-14,23-24H2,1-10H3/t30-,31-,34+,39-/m0/s1. The summed E-state index contributed by atoms with van der Waals surface area (Å²) in [5.41, 5.74) is 1.73. The maximum absolute atomic E-state index is 15.0. The molecule has 4 atom stereocenters. The van der Waals surface area contributed by atoms with Crippen LogP contribution >= 0.6 is 35.0 Å². The number of hydrogen-bond donors (Lipinski definition) is 0.